The predicted molar refractivity (Wildman–Crippen MR) is 40.2 cm³/mol. The molecule has 3 nitrogen and oxygen atoms in total. The highest BCUT2D eigenvalue weighted by Crippen LogP contribution is 2.33. The minimum absolute atomic E-state index is 0.0709. The van der Waals surface area contributed by atoms with Gasteiger partial charge in [0.25, 0.3) is 0 Å². The van der Waals surface area contributed by atoms with Crippen molar-refractivity contribution in [2.24, 2.45) is 5.41 Å². The highest BCUT2D eigenvalue weighted by atomic mass is 16.6. The fourth-order valence-electron chi connectivity index (χ4n) is 0.913. The highest BCUT2D eigenvalue weighted by Gasteiger charge is 2.46. The van der Waals surface area contributed by atoms with Gasteiger partial charge >= 0.3 is 5.97 Å². The van der Waals surface area contributed by atoms with E-state index < -0.39 is 5.41 Å². The molecule has 0 amide bonds. The quantitative estimate of drug-likeness (QED) is 0.454. The molecule has 1 fully saturated rings. The van der Waals surface area contributed by atoms with Crippen molar-refractivity contribution < 1.29 is 14.3 Å². The van der Waals surface area contributed by atoms with Crippen LogP contribution in [0.25, 0.3) is 0 Å². The van der Waals surface area contributed by atoms with Crippen LogP contribution in [0.5, 0.6) is 0 Å². The molecule has 1 atom stereocenters. The fraction of sp³-hybridized carbons (Fsp3) is 0.875. The Hall–Kier alpha value is -0.570. The summed E-state index contributed by atoms with van der Waals surface area (Å²) in [6, 6.07) is 0. The third kappa shape index (κ3) is 1.71. The maximum Gasteiger partial charge on any atom is 0.314 e. The predicted octanol–water partition coefficient (Wildman–Crippen LogP) is 0.975. The van der Waals surface area contributed by atoms with Gasteiger partial charge in [-0.2, -0.15) is 0 Å². The van der Waals surface area contributed by atoms with Gasteiger partial charge in [0, 0.05) is 0 Å². The molecule has 0 aromatic rings. The molecule has 1 heterocycles. The summed E-state index contributed by atoms with van der Waals surface area (Å²) in [5.41, 5.74) is -0.462. The van der Waals surface area contributed by atoms with Crippen molar-refractivity contribution in [3.63, 3.8) is 0 Å². The third-order valence-electron chi connectivity index (χ3n) is 1.94. The number of carbonyl (C=O) groups excluding carboxylic acids is 1. The van der Waals surface area contributed by atoms with E-state index in [2.05, 4.69) is 0 Å². The van der Waals surface area contributed by atoms with Crippen LogP contribution in [0.3, 0.4) is 0 Å². The first-order chi connectivity index (χ1) is 5.09. The van der Waals surface area contributed by atoms with E-state index in [1.54, 1.807) is 0 Å². The van der Waals surface area contributed by atoms with E-state index in [1.807, 2.05) is 20.8 Å². The number of carbonyl (C=O) groups is 1. The Morgan fingerprint density at radius 3 is 2.64 bits per heavy atom. The molecule has 0 aromatic carbocycles. The lowest BCUT2D eigenvalue weighted by Gasteiger charge is -2.18. The van der Waals surface area contributed by atoms with Gasteiger partial charge in [0.1, 0.15) is 0 Å². The van der Waals surface area contributed by atoms with Crippen LogP contribution in [0.15, 0.2) is 0 Å². The van der Waals surface area contributed by atoms with Crippen LogP contribution in [0.1, 0.15) is 20.8 Å². The molecule has 0 N–H and O–H groups in total. The van der Waals surface area contributed by atoms with Gasteiger partial charge < -0.3 is 9.47 Å². The topological polar surface area (TPSA) is 38.8 Å². The average molecular weight is 158 g/mol. The van der Waals surface area contributed by atoms with Gasteiger partial charge in [0.2, 0.25) is 0 Å². The van der Waals surface area contributed by atoms with Crippen LogP contribution >= 0.6 is 0 Å². The summed E-state index contributed by atoms with van der Waals surface area (Å²) >= 11 is 0. The monoisotopic (exact) mass is 158 g/mol. The van der Waals surface area contributed by atoms with E-state index in [1.165, 1.54) is 0 Å². The second kappa shape index (κ2) is 2.81. The number of hydrogen-bond donors (Lipinski definition) is 0. The van der Waals surface area contributed by atoms with Crippen molar-refractivity contribution >= 4 is 5.97 Å². The lowest BCUT2D eigenvalue weighted by atomic mass is 9.90. The van der Waals surface area contributed by atoms with E-state index in [-0.39, 0.29) is 12.1 Å². The number of hydrogen-bond acceptors (Lipinski definition) is 3. The first kappa shape index (κ1) is 8.53. The zero-order chi connectivity index (χ0) is 8.48. The molecule has 0 radical (unpaired) electrons. The number of rotatable bonds is 3. The van der Waals surface area contributed by atoms with E-state index in [0.717, 1.165) is 0 Å². The first-order valence-corrected chi connectivity index (χ1v) is 3.88. The van der Waals surface area contributed by atoms with Gasteiger partial charge in [-0.25, -0.2) is 0 Å². The van der Waals surface area contributed by atoms with Crippen LogP contribution in [-0.2, 0) is 14.3 Å². The maximum atomic E-state index is 11.2. The summed E-state index contributed by atoms with van der Waals surface area (Å²) in [5.74, 6) is -0.164. The third-order valence-corrected chi connectivity index (χ3v) is 1.94. The van der Waals surface area contributed by atoms with Crippen LogP contribution < -0.4 is 0 Å². The molecule has 1 aliphatic rings. The first-order valence-electron chi connectivity index (χ1n) is 3.88. The molecule has 0 saturated carbocycles. The zero-order valence-corrected chi connectivity index (χ0v) is 7.22. The van der Waals surface area contributed by atoms with E-state index >= 15 is 0 Å². The molecule has 1 unspecified atom stereocenters. The van der Waals surface area contributed by atoms with Crippen molar-refractivity contribution in [1.29, 1.82) is 0 Å². The maximum absolute atomic E-state index is 11.2. The van der Waals surface area contributed by atoms with Gasteiger partial charge in [-0.3, -0.25) is 4.79 Å². The molecule has 1 saturated heterocycles. The van der Waals surface area contributed by atoms with Crippen LogP contribution in [-0.4, -0.2) is 25.3 Å². The number of ether oxygens (including phenoxy) is 2. The van der Waals surface area contributed by atoms with E-state index in [0.29, 0.717) is 13.2 Å². The van der Waals surface area contributed by atoms with Crippen molar-refractivity contribution in [2.75, 3.05) is 13.2 Å². The Labute approximate surface area is 66.7 Å². The van der Waals surface area contributed by atoms with Crippen molar-refractivity contribution in [3.05, 3.63) is 0 Å². The summed E-state index contributed by atoms with van der Waals surface area (Å²) in [5, 5.41) is 0. The molecule has 0 aliphatic carbocycles. The van der Waals surface area contributed by atoms with Gasteiger partial charge in [-0.05, 0) is 20.8 Å². The lowest BCUT2D eigenvalue weighted by molar-refractivity contribution is -0.154. The average Bonchev–Trinajstić information content (AvgIpc) is 2.68. The molecular weight excluding hydrogens is 144 g/mol. The largest absolute Gasteiger partial charge is 0.466 e. The molecular formula is C8H14O3. The minimum Gasteiger partial charge on any atom is -0.466 e. The van der Waals surface area contributed by atoms with Crippen molar-refractivity contribution in [1.82, 2.24) is 0 Å². The zero-order valence-electron chi connectivity index (χ0n) is 7.22. The van der Waals surface area contributed by atoms with Crippen LogP contribution in [0, 0.1) is 5.41 Å². The van der Waals surface area contributed by atoms with Crippen molar-refractivity contribution in [2.45, 2.75) is 26.9 Å². The summed E-state index contributed by atoms with van der Waals surface area (Å²) in [4.78, 5) is 11.2. The molecule has 11 heavy (non-hydrogen) atoms. The summed E-state index contributed by atoms with van der Waals surface area (Å²) < 4.78 is 9.93. The molecule has 0 bridgehead atoms. The Morgan fingerprint density at radius 1 is 1.73 bits per heavy atom. The lowest BCUT2D eigenvalue weighted by Crippen LogP contribution is -2.32. The smallest absolute Gasteiger partial charge is 0.314 e. The SMILES string of the molecule is CCOC(=O)C(C)(C)C1CO1. The number of epoxide rings is 1. The van der Waals surface area contributed by atoms with E-state index in [9.17, 15) is 4.79 Å². The van der Waals surface area contributed by atoms with Gasteiger partial charge in [0.05, 0.1) is 24.7 Å². The fourth-order valence-corrected chi connectivity index (χ4v) is 0.913. The van der Waals surface area contributed by atoms with Gasteiger partial charge in [-0.1, -0.05) is 0 Å². The Bertz CT molecular complexity index is 159. The van der Waals surface area contributed by atoms with Crippen molar-refractivity contribution in [3.8, 4) is 0 Å². The van der Waals surface area contributed by atoms with Crippen LogP contribution in [0.2, 0.25) is 0 Å². The Balaban J connectivity index is 2.48. The minimum atomic E-state index is -0.462. The van der Waals surface area contributed by atoms with Gasteiger partial charge in [0.15, 0.2) is 0 Å². The Morgan fingerprint density at radius 2 is 2.27 bits per heavy atom. The molecule has 1 aliphatic heterocycles. The summed E-state index contributed by atoms with van der Waals surface area (Å²) in [7, 11) is 0. The standard InChI is InChI=1S/C8H14O3/c1-4-10-7(9)8(2,3)6-5-11-6/h6H,4-5H2,1-3H3. The van der Waals surface area contributed by atoms with E-state index in [4.69, 9.17) is 9.47 Å². The molecule has 1 rings (SSSR count). The molecule has 64 valence electrons. The summed E-state index contributed by atoms with van der Waals surface area (Å²) in [6.07, 6.45) is 0.0709. The van der Waals surface area contributed by atoms with Crippen LogP contribution in [0.4, 0.5) is 0 Å². The second-order valence-electron chi connectivity index (χ2n) is 3.26. The normalized spacial score (nSPS) is 23.0. The second-order valence-corrected chi connectivity index (χ2v) is 3.26. The molecule has 3 heteroatoms. The molecule has 0 spiro atoms. The number of esters is 1. The Kier molecular flexibility index (Phi) is 2.18. The summed E-state index contributed by atoms with van der Waals surface area (Å²) in [6.45, 7) is 6.63. The molecule has 0 aromatic heterocycles. The van der Waals surface area contributed by atoms with Gasteiger partial charge in [-0.15, -0.1) is 0 Å². The highest BCUT2D eigenvalue weighted by molar-refractivity contribution is 5.77.